The van der Waals surface area contributed by atoms with Gasteiger partial charge in [0.1, 0.15) is 60.1 Å². The number of carbonyl (C=O) groups excluding carboxylic acids is 3. The molecule has 5 atom stereocenters. The molecule has 2 aromatic heterocycles. The molecule has 1 saturated heterocycles. The van der Waals surface area contributed by atoms with E-state index in [-0.39, 0.29) is 66.8 Å². The first kappa shape index (κ1) is 84.3. The standard InChI is InChI=1S/C72H87N10O23P3S4/c1-4-109-110-44-100-58-36-61(102-59(58)40-101-107(93,94)105-108(95,96)104-106(90,91)92)82-38-49(68(85)76-70(82)88)12-7-23-74-71(89)99-30-6-5-29-98-43-111-112-51-20-17-45(18-21-51)32-60(83)73-24-31-97-42-72(2,3)41-81-39-50(77-78-81)37-75-67(84)48-19-22-52(69(86)87)55(35-48)62-56-33-46-13-8-25-79-27-10-15-53(63(46)79)65(56)103-66-54-16-11-28-80-26-9-14-47(64(54)80)34-57(62)66/h17-22,33-35,38-39,58-59,61H,4-6,8-11,13-16,23-32,36-37,40-44H2,1-3H3,(H8-,73,74,75,76,83,84,85,86,87,88,89,90,91,92,93,94,95,96)/p+1/t58-,59-,61-/m1/s1. The number of H-pyrrole nitrogens is 1. The number of aromatic carboxylic acids is 1. The third kappa shape index (κ3) is 22.3. The van der Waals surface area contributed by atoms with Crippen LogP contribution in [0, 0.1) is 17.3 Å². The number of anilines is 1. The maximum Gasteiger partial charge on any atom is 0.490 e. The lowest BCUT2D eigenvalue weighted by Gasteiger charge is -2.39. The van der Waals surface area contributed by atoms with E-state index in [1.807, 2.05) is 45.0 Å². The summed E-state index contributed by atoms with van der Waals surface area (Å²) in [5.41, 5.74) is 7.79. The summed E-state index contributed by atoms with van der Waals surface area (Å²) in [6, 6.07) is 17.0. The molecule has 4 aromatic carbocycles. The lowest BCUT2D eigenvalue weighted by atomic mass is 9.81. The van der Waals surface area contributed by atoms with Gasteiger partial charge in [0.2, 0.25) is 11.3 Å². The summed E-state index contributed by atoms with van der Waals surface area (Å²) in [6.45, 7) is 10.9. The van der Waals surface area contributed by atoms with Gasteiger partial charge in [-0.2, -0.15) is 8.62 Å². The highest BCUT2D eigenvalue weighted by Crippen LogP contribution is 2.66. The number of rotatable bonds is 37. The number of ether oxygens (including phenoxy) is 6. The first-order valence-corrected chi connectivity index (χ1v) is 45.8. The molecule has 6 aromatic rings. The van der Waals surface area contributed by atoms with Crippen LogP contribution in [0.2, 0.25) is 0 Å². The number of hydrogen-bond acceptors (Lipinski definition) is 25. The van der Waals surface area contributed by atoms with Crippen molar-refractivity contribution in [1.82, 2.24) is 45.1 Å². The summed E-state index contributed by atoms with van der Waals surface area (Å²) < 4.78 is 88.6. The number of nitrogens with zero attached hydrogens (tertiary/aromatic N) is 6. The summed E-state index contributed by atoms with van der Waals surface area (Å²) >= 11 is 0. The van der Waals surface area contributed by atoms with E-state index in [1.54, 1.807) is 29.1 Å². The zero-order valence-electron chi connectivity index (χ0n) is 61.6. The van der Waals surface area contributed by atoms with E-state index in [0.717, 1.165) is 132 Å². The molecule has 602 valence electrons. The van der Waals surface area contributed by atoms with Crippen LogP contribution < -0.4 is 52.0 Å². The van der Waals surface area contributed by atoms with Gasteiger partial charge in [-0.3, -0.25) is 33.1 Å². The number of phosphoric ester groups is 1. The van der Waals surface area contributed by atoms with Crippen molar-refractivity contribution in [3.63, 3.8) is 0 Å². The van der Waals surface area contributed by atoms with Crippen molar-refractivity contribution in [3.05, 3.63) is 160 Å². The van der Waals surface area contributed by atoms with Crippen molar-refractivity contribution in [1.29, 1.82) is 0 Å². The molecular weight excluding hydrogens is 1590 g/mol. The summed E-state index contributed by atoms with van der Waals surface area (Å²) in [5.74, 6) is 6.41. The van der Waals surface area contributed by atoms with E-state index in [9.17, 15) is 57.4 Å². The van der Waals surface area contributed by atoms with Crippen LogP contribution >= 0.6 is 66.6 Å². The van der Waals surface area contributed by atoms with Gasteiger partial charge >= 0.3 is 41.2 Å². The number of carboxylic acid groups (broad SMARTS) is 1. The number of aromatic nitrogens is 5. The SMILES string of the molecule is CCSSCO[C@@H]1C[C@H](n2cc(C#CCNC(=O)OCCCCOCSSc3ccc(CC(=O)NCCOCC(C)(C)Cn4cc(CNC(=O)c5ccc(C(=O)O)c(C6=c7cc8c9c(c7Oc7c6cc6c%10c7CCCN%10CCC6)CCC[N+]=9CCC8)c5)nn4)cc3)c(=O)[nH]c2=O)O[C@@H]1COP(=O)(O)OP(=O)(O)OP(=O)(O)O. The Kier molecular flexibility index (Phi) is 28.7. The van der Waals surface area contributed by atoms with Crippen molar-refractivity contribution in [2.75, 3.05) is 94.8 Å². The molecule has 0 radical (unpaired) electrons. The second kappa shape index (κ2) is 38.1. The van der Waals surface area contributed by atoms with Gasteiger partial charge in [0.15, 0.2) is 0 Å². The number of carbonyl (C=O) groups is 4. The van der Waals surface area contributed by atoms with E-state index in [2.05, 4.69) is 73.3 Å². The minimum absolute atomic E-state index is 0.0789. The Bertz CT molecular complexity index is 4990. The van der Waals surface area contributed by atoms with Crippen molar-refractivity contribution in [2.45, 2.75) is 134 Å². The number of aromatic amines is 1. The Morgan fingerprint density at radius 2 is 1.58 bits per heavy atom. The van der Waals surface area contributed by atoms with Crippen LogP contribution in [0.15, 0.2) is 81.5 Å². The van der Waals surface area contributed by atoms with Gasteiger partial charge in [0.05, 0.1) is 69.4 Å². The van der Waals surface area contributed by atoms with Crippen molar-refractivity contribution < 1.29 is 99.1 Å². The lowest BCUT2D eigenvalue weighted by molar-refractivity contribution is -0.120. The van der Waals surface area contributed by atoms with Crippen LogP contribution in [-0.4, -0.2) is 175 Å². The smallest absolute Gasteiger partial charge is 0.478 e. The maximum atomic E-state index is 14.2. The zero-order chi connectivity index (χ0) is 79.3. The van der Waals surface area contributed by atoms with E-state index in [4.69, 9.17) is 42.7 Å². The number of hydrogen-bond donors (Lipinski definition) is 9. The third-order valence-electron chi connectivity index (χ3n) is 19.0. The van der Waals surface area contributed by atoms with Gasteiger partial charge < -0.3 is 74.0 Å². The number of aryl methyl sites for hydroxylation is 2. The molecule has 6 aliphatic heterocycles. The Morgan fingerprint density at radius 3 is 2.37 bits per heavy atom. The molecule has 2 unspecified atom stereocenters. The number of alkyl carbamates (subject to hydrolysis) is 1. The third-order valence-corrected chi connectivity index (χ3v) is 27.0. The minimum atomic E-state index is -5.80. The number of amides is 3. The van der Waals surface area contributed by atoms with Crippen LogP contribution in [0.1, 0.15) is 143 Å². The van der Waals surface area contributed by atoms with Crippen molar-refractivity contribution >= 4 is 102 Å². The van der Waals surface area contributed by atoms with Crippen LogP contribution in [0.5, 0.6) is 11.5 Å². The molecule has 1 fully saturated rings. The van der Waals surface area contributed by atoms with Gasteiger partial charge in [0.25, 0.3) is 11.5 Å². The fourth-order valence-electron chi connectivity index (χ4n) is 14.3. The fourth-order valence-corrected chi connectivity index (χ4v) is 20.4. The van der Waals surface area contributed by atoms with Gasteiger partial charge in [-0.15, -0.1) is 5.10 Å². The molecule has 0 bridgehead atoms. The highest BCUT2D eigenvalue weighted by atomic mass is 33.1. The topological polar surface area (TPSA) is 432 Å². The van der Waals surface area contributed by atoms with Gasteiger partial charge in [-0.05, 0) is 111 Å². The van der Waals surface area contributed by atoms with Gasteiger partial charge in [0, 0.05) is 113 Å². The maximum absolute atomic E-state index is 14.2. The van der Waals surface area contributed by atoms with Crippen LogP contribution in [-0.2, 0) is 101 Å². The number of carboxylic acids is 1. The minimum Gasteiger partial charge on any atom is -0.478 e. The number of unbranched alkanes of at least 4 members (excludes halogenated alkanes) is 1. The second-order valence-corrected chi connectivity index (χ2v) is 37.4. The molecule has 3 amide bonds. The van der Waals surface area contributed by atoms with Crippen LogP contribution in [0.25, 0.3) is 5.57 Å². The van der Waals surface area contributed by atoms with Crippen molar-refractivity contribution in [3.8, 4) is 23.3 Å². The zero-order valence-corrected chi connectivity index (χ0v) is 67.6. The quantitative estimate of drug-likeness (QED) is 0.00462. The van der Waals surface area contributed by atoms with Crippen LogP contribution in [0.3, 0.4) is 0 Å². The van der Waals surface area contributed by atoms with E-state index in [1.165, 1.54) is 76.5 Å². The predicted octanol–water partition coefficient (Wildman–Crippen LogP) is 7.24. The van der Waals surface area contributed by atoms with Gasteiger partial charge in [-0.25, -0.2) is 32.7 Å². The molecule has 0 spiro atoms. The predicted molar refractivity (Wildman–Crippen MR) is 417 cm³/mol. The van der Waals surface area contributed by atoms with E-state index < -0.39 is 71.8 Å². The first-order valence-electron chi connectivity index (χ1n) is 36.5. The highest BCUT2D eigenvalue weighted by molar-refractivity contribution is 8.77. The molecule has 33 nitrogen and oxygen atoms in total. The summed E-state index contributed by atoms with van der Waals surface area (Å²) in [6.07, 6.45) is 7.67. The fraction of sp³-hybridized carbons (Fsp3) is 0.486. The normalized spacial score (nSPS) is 18.0. The molecule has 9 N–H and O–H groups in total. The average Bonchev–Trinajstić information content (AvgIpc) is 0.816. The largest absolute Gasteiger partial charge is 0.490 e. The number of fused-ring (bicyclic) bond motifs is 4. The molecule has 0 saturated carbocycles. The Balaban J connectivity index is 0.523. The van der Waals surface area contributed by atoms with E-state index >= 15 is 0 Å². The molecular formula is C72H88N10O23P3S4+. The van der Waals surface area contributed by atoms with Gasteiger partial charge in [-0.1, -0.05) is 93.1 Å². The van der Waals surface area contributed by atoms with Crippen LogP contribution in [0.4, 0.5) is 10.5 Å². The number of nitrogens with one attached hydrogen (secondary N) is 4. The number of benzene rings is 4. The molecule has 6 aliphatic rings. The summed E-state index contributed by atoms with van der Waals surface area (Å²) in [7, 11) is -11.2. The van der Waals surface area contributed by atoms with E-state index in [0.29, 0.717) is 68.5 Å². The average molecular weight is 1680 g/mol. The Hall–Kier alpha value is -7.14. The summed E-state index contributed by atoms with van der Waals surface area (Å²) in [5, 5.41) is 30.1. The Morgan fingerprint density at radius 1 is 0.812 bits per heavy atom. The lowest BCUT2D eigenvalue weighted by Crippen LogP contribution is -2.45. The highest BCUT2D eigenvalue weighted by Gasteiger charge is 2.45. The first-order chi connectivity index (χ1) is 53.7. The molecule has 0 aliphatic carbocycles. The second-order valence-electron chi connectivity index (χ2n) is 27.9. The molecule has 112 heavy (non-hydrogen) atoms. The Labute approximate surface area is 659 Å². The van der Waals surface area contributed by atoms with Crippen molar-refractivity contribution in [2.24, 2.45) is 5.41 Å². The molecule has 8 heterocycles. The monoisotopic (exact) mass is 1680 g/mol. The molecule has 12 rings (SSSR count). The number of phosphoric acid groups is 3. The summed E-state index contributed by atoms with van der Waals surface area (Å²) in [4.78, 5) is 121. The molecule has 40 heteroatoms.